The van der Waals surface area contributed by atoms with Gasteiger partial charge in [0.2, 0.25) is 0 Å². The first kappa shape index (κ1) is 9.16. The van der Waals surface area contributed by atoms with Gasteiger partial charge in [-0.1, -0.05) is 6.07 Å². The maximum absolute atomic E-state index is 4.52. The minimum absolute atomic E-state index is 0.681. The second-order valence-electron chi connectivity index (χ2n) is 4.66. The molecule has 1 aromatic rings. The molecule has 2 aliphatic heterocycles. The maximum atomic E-state index is 4.52. The highest BCUT2D eigenvalue weighted by Gasteiger charge is 2.37. The Morgan fingerprint density at radius 2 is 2.33 bits per heavy atom. The Labute approximate surface area is 90.5 Å². The topological polar surface area (TPSA) is 28.2 Å². The minimum atomic E-state index is 0.681. The van der Waals surface area contributed by atoms with Crippen molar-refractivity contribution in [2.45, 2.75) is 19.4 Å². The molecule has 0 unspecified atom stereocenters. The molecule has 2 atom stereocenters. The van der Waals surface area contributed by atoms with Gasteiger partial charge < -0.3 is 10.2 Å². The summed E-state index contributed by atoms with van der Waals surface area (Å²) in [7, 11) is 0. The molecule has 0 aromatic carbocycles. The molecule has 3 nitrogen and oxygen atoms in total. The third-order valence-corrected chi connectivity index (χ3v) is 3.64. The standard InChI is InChI=1S/C12H17N3/c1-9-2-3-12(14-6-9)15-5-4-10-7-13-8-11(10)15/h2-3,6,10-11,13H,4-5,7-8H2,1H3/t10-,11+/m0/s1. The normalized spacial score (nSPS) is 29.5. The van der Waals surface area contributed by atoms with Gasteiger partial charge in [0.05, 0.1) is 0 Å². The van der Waals surface area contributed by atoms with Gasteiger partial charge >= 0.3 is 0 Å². The third kappa shape index (κ3) is 1.51. The summed E-state index contributed by atoms with van der Waals surface area (Å²) in [6, 6.07) is 4.98. The zero-order valence-corrected chi connectivity index (χ0v) is 9.11. The highest BCUT2D eigenvalue weighted by Crippen LogP contribution is 2.30. The number of anilines is 1. The Morgan fingerprint density at radius 1 is 1.40 bits per heavy atom. The lowest BCUT2D eigenvalue weighted by atomic mass is 10.1. The predicted molar refractivity (Wildman–Crippen MR) is 61.1 cm³/mol. The smallest absolute Gasteiger partial charge is 0.128 e. The lowest BCUT2D eigenvalue weighted by Gasteiger charge is -2.24. The van der Waals surface area contributed by atoms with Crippen molar-refractivity contribution in [2.24, 2.45) is 5.92 Å². The molecule has 80 valence electrons. The van der Waals surface area contributed by atoms with Crippen molar-refractivity contribution in [1.82, 2.24) is 10.3 Å². The van der Waals surface area contributed by atoms with E-state index in [1.807, 2.05) is 6.20 Å². The van der Waals surface area contributed by atoms with Crippen LogP contribution in [0.15, 0.2) is 18.3 Å². The zero-order valence-electron chi connectivity index (χ0n) is 9.11. The summed E-state index contributed by atoms with van der Waals surface area (Å²) in [5.41, 5.74) is 1.24. The maximum Gasteiger partial charge on any atom is 0.128 e. The predicted octanol–water partition coefficient (Wildman–Crippen LogP) is 1.19. The van der Waals surface area contributed by atoms with Crippen LogP contribution in [0.3, 0.4) is 0 Å². The molecule has 3 heteroatoms. The molecule has 0 aliphatic carbocycles. The van der Waals surface area contributed by atoms with Gasteiger partial charge in [0.1, 0.15) is 5.82 Å². The summed E-state index contributed by atoms with van der Waals surface area (Å²) in [5, 5.41) is 3.47. The van der Waals surface area contributed by atoms with Crippen LogP contribution in [-0.4, -0.2) is 30.7 Å². The number of fused-ring (bicyclic) bond motifs is 1. The largest absolute Gasteiger partial charge is 0.352 e. The van der Waals surface area contributed by atoms with E-state index >= 15 is 0 Å². The van der Waals surface area contributed by atoms with Gasteiger partial charge in [0, 0.05) is 31.9 Å². The molecule has 0 saturated carbocycles. The second-order valence-corrected chi connectivity index (χ2v) is 4.66. The van der Waals surface area contributed by atoms with E-state index in [9.17, 15) is 0 Å². The molecule has 1 N–H and O–H groups in total. The Kier molecular flexibility index (Phi) is 2.13. The lowest BCUT2D eigenvalue weighted by molar-refractivity contribution is 0.577. The van der Waals surface area contributed by atoms with Gasteiger partial charge in [-0.05, 0) is 30.9 Å². The Balaban J connectivity index is 1.85. The average Bonchev–Trinajstić information content (AvgIpc) is 2.80. The van der Waals surface area contributed by atoms with E-state index in [2.05, 4.69) is 34.3 Å². The Hall–Kier alpha value is -1.09. The summed E-state index contributed by atoms with van der Waals surface area (Å²) in [4.78, 5) is 6.98. The SMILES string of the molecule is Cc1ccc(N2CC[C@H]3CNC[C@H]32)nc1. The van der Waals surface area contributed by atoms with Gasteiger partial charge in [-0.2, -0.15) is 0 Å². The Bertz CT molecular complexity index is 346. The van der Waals surface area contributed by atoms with Gasteiger partial charge in [0.25, 0.3) is 0 Å². The number of aryl methyl sites for hydroxylation is 1. The third-order valence-electron chi connectivity index (χ3n) is 3.64. The first-order valence-electron chi connectivity index (χ1n) is 5.74. The van der Waals surface area contributed by atoms with E-state index in [1.54, 1.807) is 0 Å². The van der Waals surface area contributed by atoms with Gasteiger partial charge in [-0.3, -0.25) is 0 Å². The number of aromatic nitrogens is 1. The van der Waals surface area contributed by atoms with Crippen molar-refractivity contribution in [3.05, 3.63) is 23.9 Å². The number of hydrogen-bond donors (Lipinski definition) is 1. The van der Waals surface area contributed by atoms with Gasteiger partial charge in [0.15, 0.2) is 0 Å². The van der Waals surface area contributed by atoms with Crippen LogP contribution in [-0.2, 0) is 0 Å². The molecular formula is C12H17N3. The summed E-state index contributed by atoms with van der Waals surface area (Å²) < 4.78 is 0. The van der Waals surface area contributed by atoms with Crippen LogP contribution in [0.25, 0.3) is 0 Å². The summed E-state index contributed by atoms with van der Waals surface area (Å²) >= 11 is 0. The van der Waals surface area contributed by atoms with E-state index in [0.717, 1.165) is 18.3 Å². The molecule has 1 aromatic heterocycles. The van der Waals surface area contributed by atoms with Crippen LogP contribution >= 0.6 is 0 Å². The van der Waals surface area contributed by atoms with Gasteiger partial charge in [-0.25, -0.2) is 4.98 Å². The molecule has 3 rings (SSSR count). The minimum Gasteiger partial charge on any atom is -0.352 e. The van der Waals surface area contributed by atoms with Gasteiger partial charge in [-0.15, -0.1) is 0 Å². The first-order valence-corrected chi connectivity index (χ1v) is 5.74. The number of nitrogens with one attached hydrogen (secondary N) is 1. The second kappa shape index (κ2) is 3.49. The molecule has 3 heterocycles. The van der Waals surface area contributed by atoms with Crippen molar-refractivity contribution >= 4 is 5.82 Å². The average molecular weight is 203 g/mol. The molecule has 15 heavy (non-hydrogen) atoms. The number of pyridine rings is 1. The van der Waals surface area contributed by atoms with E-state index < -0.39 is 0 Å². The first-order chi connectivity index (χ1) is 7.34. The number of hydrogen-bond acceptors (Lipinski definition) is 3. The molecule has 2 saturated heterocycles. The molecule has 0 radical (unpaired) electrons. The molecular weight excluding hydrogens is 186 g/mol. The monoisotopic (exact) mass is 203 g/mol. The summed E-state index contributed by atoms with van der Waals surface area (Å²) in [5.74, 6) is 1.99. The van der Waals surface area contributed by atoms with Crippen LogP contribution in [0.2, 0.25) is 0 Å². The van der Waals surface area contributed by atoms with Crippen LogP contribution < -0.4 is 10.2 Å². The molecule has 0 amide bonds. The lowest BCUT2D eigenvalue weighted by Crippen LogP contribution is -2.34. The highest BCUT2D eigenvalue weighted by atomic mass is 15.3. The van der Waals surface area contributed by atoms with Crippen molar-refractivity contribution in [2.75, 3.05) is 24.5 Å². The fourth-order valence-electron chi connectivity index (χ4n) is 2.76. The van der Waals surface area contributed by atoms with E-state index in [-0.39, 0.29) is 0 Å². The fraction of sp³-hybridized carbons (Fsp3) is 0.583. The molecule has 2 aliphatic rings. The quantitative estimate of drug-likeness (QED) is 0.743. The zero-order chi connectivity index (χ0) is 10.3. The number of nitrogens with zero attached hydrogens (tertiary/aromatic N) is 2. The Morgan fingerprint density at radius 3 is 3.13 bits per heavy atom. The fourth-order valence-corrected chi connectivity index (χ4v) is 2.76. The highest BCUT2D eigenvalue weighted by molar-refractivity contribution is 5.42. The molecule has 0 spiro atoms. The summed E-state index contributed by atoms with van der Waals surface area (Å²) in [6.07, 6.45) is 3.28. The van der Waals surface area contributed by atoms with Crippen molar-refractivity contribution in [3.63, 3.8) is 0 Å². The van der Waals surface area contributed by atoms with Crippen molar-refractivity contribution in [1.29, 1.82) is 0 Å². The van der Waals surface area contributed by atoms with Crippen molar-refractivity contribution in [3.8, 4) is 0 Å². The van der Waals surface area contributed by atoms with E-state index in [0.29, 0.717) is 6.04 Å². The van der Waals surface area contributed by atoms with Crippen LogP contribution in [0.5, 0.6) is 0 Å². The van der Waals surface area contributed by atoms with E-state index in [1.165, 1.54) is 25.1 Å². The van der Waals surface area contributed by atoms with Crippen LogP contribution in [0.4, 0.5) is 5.82 Å². The van der Waals surface area contributed by atoms with Crippen LogP contribution in [0, 0.1) is 12.8 Å². The van der Waals surface area contributed by atoms with E-state index in [4.69, 9.17) is 0 Å². The van der Waals surface area contributed by atoms with Crippen molar-refractivity contribution < 1.29 is 0 Å². The van der Waals surface area contributed by atoms with Crippen LogP contribution in [0.1, 0.15) is 12.0 Å². The molecule has 0 bridgehead atoms. The molecule has 2 fully saturated rings. The summed E-state index contributed by atoms with van der Waals surface area (Å²) in [6.45, 7) is 5.57. The number of rotatable bonds is 1.